The Kier molecular flexibility index (Phi) is 4.62. The Balaban J connectivity index is 1.86. The van der Waals surface area contributed by atoms with Gasteiger partial charge in [-0.15, -0.1) is 0 Å². The van der Waals surface area contributed by atoms with Crippen molar-refractivity contribution in [2.45, 2.75) is 12.8 Å². The van der Waals surface area contributed by atoms with Crippen molar-refractivity contribution in [1.29, 1.82) is 0 Å². The van der Waals surface area contributed by atoms with Gasteiger partial charge < -0.3 is 9.47 Å². The molecule has 5 nitrogen and oxygen atoms in total. The van der Waals surface area contributed by atoms with Crippen molar-refractivity contribution in [3.63, 3.8) is 0 Å². The van der Waals surface area contributed by atoms with Gasteiger partial charge in [0.2, 0.25) is 0 Å². The van der Waals surface area contributed by atoms with Crippen molar-refractivity contribution >= 4 is 38.2 Å². The van der Waals surface area contributed by atoms with Gasteiger partial charge in [-0.1, -0.05) is 17.7 Å². The van der Waals surface area contributed by atoms with Crippen molar-refractivity contribution in [2.75, 3.05) is 25.1 Å². The molecule has 0 spiro atoms. The van der Waals surface area contributed by atoms with Gasteiger partial charge in [0.15, 0.2) is 0 Å². The number of carbonyl (C=O) groups is 1. The van der Waals surface area contributed by atoms with Gasteiger partial charge in [-0.05, 0) is 37.0 Å². The first kappa shape index (κ1) is 17.3. The number of aryl methyl sites for hydroxylation is 1. The number of hydrogen-bond acceptors (Lipinski definition) is 3. The van der Waals surface area contributed by atoms with Crippen molar-refractivity contribution in [1.82, 2.24) is 9.47 Å². The Morgan fingerprint density at radius 2 is 2.12 bits per heavy atom. The highest BCUT2D eigenvalue weighted by molar-refractivity contribution is 7.90. The number of benzene rings is 1. The lowest BCUT2D eigenvalue weighted by Crippen LogP contribution is -2.42. The molecule has 0 saturated carbocycles. The third kappa shape index (κ3) is 3.44. The normalized spacial score (nSPS) is 19.0. The minimum Gasteiger partial charge on any atom is -0.340 e. The van der Waals surface area contributed by atoms with Crippen molar-refractivity contribution in [3.8, 4) is 0 Å². The van der Waals surface area contributed by atoms with E-state index in [2.05, 4.69) is 0 Å². The molecule has 24 heavy (non-hydrogen) atoms. The number of nitrogens with zero attached hydrogens (tertiary/aromatic N) is 2. The van der Waals surface area contributed by atoms with Crippen LogP contribution in [0.25, 0.3) is 10.9 Å². The molecule has 130 valence electrons. The van der Waals surface area contributed by atoms with E-state index in [9.17, 15) is 13.2 Å². The second-order valence-electron chi connectivity index (χ2n) is 6.61. The van der Waals surface area contributed by atoms with Gasteiger partial charge in [-0.2, -0.15) is 0 Å². The smallest absolute Gasteiger partial charge is 0.270 e. The van der Waals surface area contributed by atoms with Gasteiger partial charge in [0.1, 0.15) is 15.5 Å². The Bertz CT molecular complexity index is 889. The molecule has 0 bridgehead atoms. The monoisotopic (exact) mass is 368 g/mol. The van der Waals surface area contributed by atoms with Gasteiger partial charge >= 0.3 is 0 Å². The Morgan fingerprint density at radius 1 is 1.38 bits per heavy atom. The van der Waals surface area contributed by atoms with E-state index in [1.54, 1.807) is 11.0 Å². The fraction of sp³-hybridized carbons (Fsp3) is 0.471. The Labute approximate surface area is 147 Å². The highest BCUT2D eigenvalue weighted by atomic mass is 35.5. The number of halogens is 1. The quantitative estimate of drug-likeness (QED) is 0.836. The van der Waals surface area contributed by atoms with Gasteiger partial charge in [0, 0.05) is 42.3 Å². The van der Waals surface area contributed by atoms with Crippen LogP contribution in [0.3, 0.4) is 0 Å². The lowest BCUT2D eigenvalue weighted by atomic mass is 10.00. The van der Waals surface area contributed by atoms with Crippen LogP contribution in [0.4, 0.5) is 0 Å². The number of piperidine rings is 1. The SMILES string of the molecule is Cn1c(C(=O)N2CCC[C@@H](CS(C)(=O)=O)C2)cc2c(Cl)cccc21. The maximum absolute atomic E-state index is 12.9. The van der Waals surface area contributed by atoms with Crippen LogP contribution in [-0.2, 0) is 16.9 Å². The zero-order valence-corrected chi connectivity index (χ0v) is 15.4. The molecule has 7 heteroatoms. The van der Waals surface area contributed by atoms with Crippen LogP contribution in [0, 0.1) is 5.92 Å². The summed E-state index contributed by atoms with van der Waals surface area (Å²) in [6.07, 6.45) is 2.92. The summed E-state index contributed by atoms with van der Waals surface area (Å²) in [6, 6.07) is 7.42. The van der Waals surface area contributed by atoms with Crippen LogP contribution < -0.4 is 0 Å². The maximum Gasteiger partial charge on any atom is 0.270 e. The van der Waals surface area contributed by atoms with Gasteiger partial charge in [0.25, 0.3) is 5.91 Å². The van der Waals surface area contributed by atoms with E-state index in [0.717, 1.165) is 23.7 Å². The van der Waals surface area contributed by atoms with Crippen LogP contribution in [-0.4, -0.2) is 48.9 Å². The minimum absolute atomic E-state index is 0.0102. The molecular weight excluding hydrogens is 348 g/mol. The predicted octanol–water partition coefficient (Wildman–Crippen LogP) is 2.73. The molecule has 1 aliphatic rings. The number of likely N-dealkylation sites (tertiary alicyclic amines) is 1. The molecule has 2 aromatic rings. The molecule has 0 unspecified atom stereocenters. The van der Waals surface area contributed by atoms with Crippen molar-refractivity contribution < 1.29 is 13.2 Å². The highest BCUT2D eigenvalue weighted by Crippen LogP contribution is 2.28. The van der Waals surface area contributed by atoms with Crippen molar-refractivity contribution in [3.05, 3.63) is 35.0 Å². The molecule has 1 aliphatic heterocycles. The first-order valence-electron chi connectivity index (χ1n) is 7.97. The van der Waals surface area contributed by atoms with Crippen LogP contribution in [0.15, 0.2) is 24.3 Å². The first-order chi connectivity index (χ1) is 11.3. The van der Waals surface area contributed by atoms with Crippen LogP contribution in [0.2, 0.25) is 5.02 Å². The number of sulfone groups is 1. The van der Waals surface area contributed by atoms with Crippen LogP contribution >= 0.6 is 11.6 Å². The molecule has 1 fully saturated rings. The fourth-order valence-corrected chi connectivity index (χ4v) is 4.86. The molecule has 3 rings (SSSR count). The molecule has 1 atom stereocenters. The van der Waals surface area contributed by atoms with Crippen LogP contribution in [0.5, 0.6) is 0 Å². The molecule has 1 aromatic heterocycles. The topological polar surface area (TPSA) is 59.4 Å². The lowest BCUT2D eigenvalue weighted by Gasteiger charge is -2.32. The molecule has 2 heterocycles. The van der Waals surface area contributed by atoms with E-state index in [4.69, 9.17) is 11.6 Å². The summed E-state index contributed by atoms with van der Waals surface area (Å²) in [7, 11) is -1.18. The van der Waals surface area contributed by atoms with Gasteiger partial charge in [0.05, 0.1) is 5.75 Å². The van der Waals surface area contributed by atoms with Crippen LogP contribution in [0.1, 0.15) is 23.3 Å². The fourth-order valence-electron chi connectivity index (χ4n) is 3.51. The maximum atomic E-state index is 12.9. The zero-order chi connectivity index (χ0) is 17.5. The van der Waals surface area contributed by atoms with E-state index < -0.39 is 9.84 Å². The third-order valence-electron chi connectivity index (χ3n) is 4.60. The van der Waals surface area contributed by atoms with Gasteiger partial charge in [-0.25, -0.2) is 8.42 Å². The summed E-state index contributed by atoms with van der Waals surface area (Å²) in [4.78, 5) is 14.7. The summed E-state index contributed by atoms with van der Waals surface area (Å²) in [5.41, 5.74) is 1.49. The number of fused-ring (bicyclic) bond motifs is 1. The number of rotatable bonds is 3. The Hall–Kier alpha value is -1.53. The average Bonchev–Trinajstić information content (AvgIpc) is 2.84. The molecule has 0 N–H and O–H groups in total. The van der Waals surface area contributed by atoms with E-state index in [-0.39, 0.29) is 17.6 Å². The average molecular weight is 369 g/mol. The molecule has 0 radical (unpaired) electrons. The number of aromatic nitrogens is 1. The zero-order valence-electron chi connectivity index (χ0n) is 13.8. The number of carbonyl (C=O) groups excluding carboxylic acids is 1. The summed E-state index contributed by atoms with van der Waals surface area (Å²) >= 11 is 6.22. The van der Waals surface area contributed by atoms with E-state index >= 15 is 0 Å². The third-order valence-corrected chi connectivity index (χ3v) is 6.00. The van der Waals surface area contributed by atoms with Crippen molar-refractivity contribution in [2.24, 2.45) is 13.0 Å². The summed E-state index contributed by atoms with van der Waals surface area (Å²) in [5.74, 6) is 0.0801. The molecule has 1 saturated heterocycles. The molecular formula is C17H21ClN2O3S. The van der Waals surface area contributed by atoms with E-state index in [1.165, 1.54) is 6.26 Å². The summed E-state index contributed by atoms with van der Waals surface area (Å²) in [5, 5.41) is 1.48. The second-order valence-corrected chi connectivity index (χ2v) is 9.21. The molecule has 0 aliphatic carbocycles. The first-order valence-corrected chi connectivity index (χ1v) is 10.4. The Morgan fingerprint density at radius 3 is 2.79 bits per heavy atom. The second kappa shape index (κ2) is 6.41. The van der Waals surface area contributed by atoms with Gasteiger partial charge in [-0.3, -0.25) is 4.79 Å². The van der Waals surface area contributed by atoms with E-state index in [1.807, 2.05) is 29.8 Å². The lowest BCUT2D eigenvalue weighted by molar-refractivity contribution is 0.0675. The summed E-state index contributed by atoms with van der Waals surface area (Å²) in [6.45, 7) is 1.15. The number of hydrogen-bond donors (Lipinski definition) is 0. The molecule has 1 amide bonds. The highest BCUT2D eigenvalue weighted by Gasteiger charge is 2.28. The largest absolute Gasteiger partial charge is 0.340 e. The summed E-state index contributed by atoms with van der Waals surface area (Å²) < 4.78 is 24.9. The predicted molar refractivity (Wildman–Crippen MR) is 96.3 cm³/mol. The minimum atomic E-state index is -3.03. The van der Waals surface area contributed by atoms with E-state index in [0.29, 0.717) is 23.8 Å². The standard InChI is InChI=1S/C17H21ClN2O3S/c1-19-15-7-3-6-14(18)13(15)9-16(19)17(21)20-8-4-5-12(10-20)11-24(2,22)23/h3,6-7,9,12H,4-5,8,10-11H2,1-2H3/t12-/m1/s1. The number of amides is 1. The molecule has 1 aromatic carbocycles.